The number of hydrogen-bond donors (Lipinski definition) is 2. The maximum atomic E-state index is 11.9. The monoisotopic (exact) mass is 274 g/mol. The molecule has 0 aromatic rings. The van der Waals surface area contributed by atoms with Gasteiger partial charge in [0.1, 0.15) is 0 Å². The number of carboxylic acid groups (broad SMARTS) is 1. The topological polar surface area (TPSA) is 69.6 Å². The first-order valence-electron chi connectivity index (χ1n) is 6.29. The van der Waals surface area contributed by atoms with E-state index < -0.39 is 5.97 Å². The summed E-state index contributed by atoms with van der Waals surface area (Å²) in [4.78, 5) is 24.3. The number of carboxylic acids is 1. The zero-order valence-electron chi connectivity index (χ0n) is 11.0. The number of rotatable bonds is 5. The molecule has 0 aliphatic carbocycles. The van der Waals surface area contributed by atoms with E-state index >= 15 is 0 Å². The number of piperidine rings is 1. The van der Waals surface area contributed by atoms with E-state index in [1.807, 2.05) is 13.2 Å². The van der Waals surface area contributed by atoms with Crippen LogP contribution in [0.4, 0.5) is 4.79 Å². The molecule has 0 aromatic carbocycles. The number of nitrogens with zero attached hydrogens (tertiary/aromatic N) is 1. The first kappa shape index (κ1) is 15.1. The largest absolute Gasteiger partial charge is 0.481 e. The number of carbonyl (C=O) groups is 2. The Balaban J connectivity index is 2.29. The molecular weight excluding hydrogens is 252 g/mol. The molecule has 1 saturated heterocycles. The van der Waals surface area contributed by atoms with Gasteiger partial charge in [-0.2, -0.15) is 11.8 Å². The zero-order valence-corrected chi connectivity index (χ0v) is 11.8. The van der Waals surface area contributed by atoms with Gasteiger partial charge in [-0.3, -0.25) is 4.79 Å². The molecule has 0 spiro atoms. The highest BCUT2D eigenvalue weighted by atomic mass is 32.2. The van der Waals surface area contributed by atoms with Gasteiger partial charge < -0.3 is 15.3 Å². The standard InChI is InChI=1S/C12H22N2O3S/c1-9(8-18-2)13-12(17)14-5-3-10(4-6-14)7-11(15)16/h9-10H,3-8H2,1-2H3,(H,13,17)(H,15,16). The van der Waals surface area contributed by atoms with Crippen molar-refractivity contribution in [2.45, 2.75) is 32.2 Å². The highest BCUT2D eigenvalue weighted by molar-refractivity contribution is 7.98. The SMILES string of the molecule is CSCC(C)NC(=O)N1CCC(CC(=O)O)CC1. The van der Waals surface area contributed by atoms with Crippen LogP contribution < -0.4 is 5.32 Å². The molecule has 0 aromatic heterocycles. The van der Waals surface area contributed by atoms with Crippen LogP contribution in [0.2, 0.25) is 0 Å². The highest BCUT2D eigenvalue weighted by Gasteiger charge is 2.24. The number of aliphatic carboxylic acids is 1. The van der Waals surface area contributed by atoms with Crippen LogP contribution in [-0.4, -0.2) is 53.1 Å². The van der Waals surface area contributed by atoms with Crippen LogP contribution in [0.25, 0.3) is 0 Å². The molecule has 6 heteroatoms. The molecule has 18 heavy (non-hydrogen) atoms. The molecule has 1 atom stereocenters. The maximum absolute atomic E-state index is 11.9. The van der Waals surface area contributed by atoms with Crippen LogP contribution in [0, 0.1) is 5.92 Å². The van der Waals surface area contributed by atoms with E-state index in [0.717, 1.165) is 18.6 Å². The second kappa shape index (κ2) is 7.51. The van der Waals surface area contributed by atoms with Crippen LogP contribution in [0.3, 0.4) is 0 Å². The number of nitrogens with one attached hydrogen (secondary N) is 1. The third-order valence-corrected chi connectivity index (χ3v) is 3.98. The minimum absolute atomic E-state index is 0.0228. The summed E-state index contributed by atoms with van der Waals surface area (Å²) in [5.74, 6) is 0.378. The fourth-order valence-electron chi connectivity index (χ4n) is 2.18. The second-order valence-electron chi connectivity index (χ2n) is 4.83. The number of urea groups is 1. The van der Waals surface area contributed by atoms with Gasteiger partial charge >= 0.3 is 12.0 Å². The number of thioether (sulfide) groups is 1. The lowest BCUT2D eigenvalue weighted by Crippen LogP contribution is -2.47. The molecule has 2 N–H and O–H groups in total. The smallest absolute Gasteiger partial charge is 0.317 e. The molecule has 0 saturated carbocycles. The molecule has 5 nitrogen and oxygen atoms in total. The summed E-state index contributed by atoms with van der Waals surface area (Å²) in [6, 6.07) is 0.148. The average Bonchev–Trinajstić information content (AvgIpc) is 2.29. The quantitative estimate of drug-likeness (QED) is 0.799. The minimum Gasteiger partial charge on any atom is -0.481 e. The van der Waals surface area contributed by atoms with E-state index in [-0.39, 0.29) is 24.4 Å². The van der Waals surface area contributed by atoms with Crippen molar-refractivity contribution in [2.24, 2.45) is 5.92 Å². The van der Waals surface area contributed by atoms with Gasteiger partial charge in [0.25, 0.3) is 0 Å². The van der Waals surface area contributed by atoms with Gasteiger partial charge in [0, 0.05) is 31.3 Å². The molecule has 0 radical (unpaired) electrons. The van der Waals surface area contributed by atoms with Crippen molar-refractivity contribution in [3.05, 3.63) is 0 Å². The van der Waals surface area contributed by atoms with Gasteiger partial charge in [-0.25, -0.2) is 4.79 Å². The van der Waals surface area contributed by atoms with Gasteiger partial charge in [0.05, 0.1) is 0 Å². The fraction of sp³-hybridized carbons (Fsp3) is 0.833. The average molecular weight is 274 g/mol. The molecule has 1 aliphatic rings. The summed E-state index contributed by atoms with van der Waals surface area (Å²) in [7, 11) is 0. The summed E-state index contributed by atoms with van der Waals surface area (Å²) >= 11 is 1.71. The third kappa shape index (κ3) is 5.16. The number of carbonyl (C=O) groups excluding carboxylic acids is 1. The Morgan fingerprint density at radius 1 is 1.44 bits per heavy atom. The summed E-state index contributed by atoms with van der Waals surface area (Å²) in [6.07, 6.45) is 3.81. The van der Waals surface area contributed by atoms with E-state index in [1.165, 1.54) is 0 Å². The predicted molar refractivity (Wildman–Crippen MR) is 72.9 cm³/mol. The van der Waals surface area contributed by atoms with E-state index in [2.05, 4.69) is 5.32 Å². The van der Waals surface area contributed by atoms with E-state index in [1.54, 1.807) is 16.7 Å². The molecule has 1 unspecified atom stereocenters. The Labute approximate surface area is 112 Å². The lowest BCUT2D eigenvalue weighted by Gasteiger charge is -2.32. The van der Waals surface area contributed by atoms with Gasteiger partial charge in [-0.15, -0.1) is 0 Å². The molecular formula is C12H22N2O3S. The maximum Gasteiger partial charge on any atom is 0.317 e. The van der Waals surface area contributed by atoms with Gasteiger partial charge in [0.2, 0.25) is 0 Å². The third-order valence-electron chi connectivity index (χ3n) is 3.15. The lowest BCUT2D eigenvalue weighted by molar-refractivity contribution is -0.138. The van der Waals surface area contributed by atoms with Crippen molar-refractivity contribution in [3.63, 3.8) is 0 Å². The van der Waals surface area contributed by atoms with Crippen LogP contribution >= 0.6 is 11.8 Å². The minimum atomic E-state index is -0.744. The van der Waals surface area contributed by atoms with Crippen LogP contribution in [-0.2, 0) is 4.79 Å². The first-order chi connectivity index (χ1) is 8.52. The predicted octanol–water partition coefficient (Wildman–Crippen LogP) is 1.63. The van der Waals surface area contributed by atoms with Gasteiger partial charge in [-0.05, 0) is 31.9 Å². The molecule has 1 rings (SSSR count). The molecule has 104 valence electrons. The number of amides is 2. The molecule has 2 amide bonds. The van der Waals surface area contributed by atoms with Crippen LogP contribution in [0.5, 0.6) is 0 Å². The van der Waals surface area contributed by atoms with Gasteiger partial charge in [-0.1, -0.05) is 0 Å². The van der Waals surface area contributed by atoms with Crippen molar-refractivity contribution in [3.8, 4) is 0 Å². The van der Waals surface area contributed by atoms with Crippen molar-refractivity contribution in [2.75, 3.05) is 25.1 Å². The Bertz CT molecular complexity index is 291. The lowest BCUT2D eigenvalue weighted by atomic mass is 9.94. The molecule has 0 bridgehead atoms. The Kier molecular flexibility index (Phi) is 6.32. The summed E-state index contributed by atoms with van der Waals surface area (Å²) < 4.78 is 0. The number of hydrogen-bond acceptors (Lipinski definition) is 3. The van der Waals surface area contributed by atoms with Crippen molar-refractivity contribution in [1.82, 2.24) is 10.2 Å². The Morgan fingerprint density at radius 2 is 2.06 bits per heavy atom. The molecule has 1 fully saturated rings. The van der Waals surface area contributed by atoms with E-state index in [4.69, 9.17) is 5.11 Å². The van der Waals surface area contributed by atoms with Crippen molar-refractivity contribution >= 4 is 23.8 Å². The number of likely N-dealkylation sites (tertiary alicyclic amines) is 1. The Morgan fingerprint density at radius 3 is 2.56 bits per heavy atom. The fourth-order valence-corrected chi connectivity index (χ4v) is 2.76. The zero-order chi connectivity index (χ0) is 13.5. The second-order valence-corrected chi connectivity index (χ2v) is 5.74. The van der Waals surface area contributed by atoms with Crippen molar-refractivity contribution < 1.29 is 14.7 Å². The van der Waals surface area contributed by atoms with E-state index in [9.17, 15) is 9.59 Å². The van der Waals surface area contributed by atoms with Crippen molar-refractivity contribution in [1.29, 1.82) is 0 Å². The molecule has 1 heterocycles. The Hall–Kier alpha value is -0.910. The van der Waals surface area contributed by atoms with Crippen LogP contribution in [0.15, 0.2) is 0 Å². The van der Waals surface area contributed by atoms with Crippen LogP contribution in [0.1, 0.15) is 26.2 Å². The first-order valence-corrected chi connectivity index (χ1v) is 7.68. The summed E-state index contributed by atoms with van der Waals surface area (Å²) in [5, 5.41) is 11.7. The normalized spacial score (nSPS) is 18.4. The van der Waals surface area contributed by atoms with E-state index in [0.29, 0.717) is 13.1 Å². The highest BCUT2D eigenvalue weighted by Crippen LogP contribution is 2.20. The summed E-state index contributed by atoms with van der Waals surface area (Å²) in [6.45, 7) is 3.32. The summed E-state index contributed by atoms with van der Waals surface area (Å²) in [5.41, 5.74) is 0. The molecule has 1 aliphatic heterocycles. The van der Waals surface area contributed by atoms with Gasteiger partial charge in [0.15, 0.2) is 0 Å².